The third kappa shape index (κ3) is 3.71. The minimum absolute atomic E-state index is 0.0303. The average Bonchev–Trinajstić information content (AvgIpc) is 2.46. The molecule has 1 aliphatic heterocycles. The van der Waals surface area contributed by atoms with Crippen LogP contribution >= 0.6 is 0 Å². The molecule has 1 saturated heterocycles. The Bertz CT molecular complexity index is 356. The first-order valence-corrected chi connectivity index (χ1v) is 6.70. The minimum atomic E-state index is -4.59. The molecule has 1 heterocycles. The highest BCUT2D eigenvalue weighted by Crippen LogP contribution is 2.18. The summed E-state index contributed by atoms with van der Waals surface area (Å²) in [6.07, 6.45) is -0.236. The van der Waals surface area contributed by atoms with E-state index in [9.17, 15) is 17.1 Å². The molecular formula is C9H17FN2O3S. The molecule has 1 unspecified atom stereocenters. The molecule has 1 fully saturated rings. The van der Waals surface area contributed by atoms with Crippen LogP contribution in [0.4, 0.5) is 3.89 Å². The van der Waals surface area contributed by atoms with Crippen LogP contribution in [0.1, 0.15) is 20.3 Å². The molecule has 5 nitrogen and oxygen atoms in total. The van der Waals surface area contributed by atoms with E-state index in [2.05, 4.69) is 5.32 Å². The standard InChI is InChI=1S/C9H17FN2O3S/c1-7(2)11-3-4-12-6-8(5-9(12)13)16(10,14)15/h7-8,11H,3-6H2,1-2H3. The van der Waals surface area contributed by atoms with Crippen LogP contribution in [0.3, 0.4) is 0 Å². The van der Waals surface area contributed by atoms with Gasteiger partial charge in [-0.25, -0.2) is 0 Å². The van der Waals surface area contributed by atoms with Gasteiger partial charge in [-0.3, -0.25) is 4.79 Å². The second kappa shape index (κ2) is 5.09. The maximum atomic E-state index is 12.7. The highest BCUT2D eigenvalue weighted by atomic mass is 32.3. The van der Waals surface area contributed by atoms with Gasteiger partial charge in [-0.1, -0.05) is 13.8 Å². The van der Waals surface area contributed by atoms with Gasteiger partial charge in [0.25, 0.3) is 0 Å². The molecule has 1 rings (SSSR count). The summed E-state index contributed by atoms with van der Waals surface area (Å²) in [6.45, 7) is 4.92. The van der Waals surface area contributed by atoms with Gasteiger partial charge in [0, 0.05) is 32.1 Å². The SMILES string of the molecule is CC(C)NCCN1CC(S(=O)(=O)F)CC1=O. The highest BCUT2D eigenvalue weighted by molar-refractivity contribution is 7.87. The Morgan fingerprint density at radius 2 is 2.19 bits per heavy atom. The van der Waals surface area contributed by atoms with Crippen molar-refractivity contribution in [3.8, 4) is 0 Å². The van der Waals surface area contributed by atoms with Crippen LogP contribution in [0.15, 0.2) is 0 Å². The van der Waals surface area contributed by atoms with Crippen LogP contribution in [0.5, 0.6) is 0 Å². The first kappa shape index (κ1) is 13.4. The van der Waals surface area contributed by atoms with Gasteiger partial charge in [0.05, 0.1) is 0 Å². The molecule has 1 N–H and O–H groups in total. The first-order chi connectivity index (χ1) is 7.30. The van der Waals surface area contributed by atoms with Crippen molar-refractivity contribution in [1.29, 1.82) is 0 Å². The smallest absolute Gasteiger partial charge is 0.307 e. The molecule has 0 aliphatic carbocycles. The zero-order valence-electron chi connectivity index (χ0n) is 9.44. The Morgan fingerprint density at radius 1 is 1.56 bits per heavy atom. The van der Waals surface area contributed by atoms with Gasteiger partial charge in [0.1, 0.15) is 5.25 Å². The van der Waals surface area contributed by atoms with Crippen molar-refractivity contribution in [3.05, 3.63) is 0 Å². The second-order valence-corrected chi connectivity index (χ2v) is 5.87. The molecule has 0 spiro atoms. The number of nitrogens with zero attached hydrogens (tertiary/aromatic N) is 1. The molecular weight excluding hydrogens is 235 g/mol. The number of halogens is 1. The predicted octanol–water partition coefficient (Wildman–Crippen LogP) is -0.115. The Morgan fingerprint density at radius 3 is 2.62 bits per heavy atom. The van der Waals surface area contributed by atoms with Gasteiger partial charge in [0.15, 0.2) is 0 Å². The molecule has 94 valence electrons. The molecule has 0 bridgehead atoms. The number of amides is 1. The quantitative estimate of drug-likeness (QED) is 0.693. The normalized spacial score (nSPS) is 22.1. The molecule has 0 aromatic carbocycles. The molecule has 0 radical (unpaired) electrons. The fourth-order valence-electron chi connectivity index (χ4n) is 1.63. The summed E-state index contributed by atoms with van der Waals surface area (Å²) in [5.41, 5.74) is 0. The van der Waals surface area contributed by atoms with Gasteiger partial charge in [0.2, 0.25) is 5.91 Å². The second-order valence-electron chi connectivity index (χ2n) is 4.25. The van der Waals surface area contributed by atoms with Gasteiger partial charge >= 0.3 is 10.2 Å². The maximum absolute atomic E-state index is 12.7. The van der Waals surface area contributed by atoms with Crippen LogP contribution in [0.25, 0.3) is 0 Å². The fraction of sp³-hybridized carbons (Fsp3) is 0.889. The van der Waals surface area contributed by atoms with E-state index < -0.39 is 15.5 Å². The molecule has 0 aromatic heterocycles. The molecule has 0 saturated carbocycles. The number of carbonyl (C=O) groups is 1. The van der Waals surface area contributed by atoms with Crippen molar-refractivity contribution in [2.24, 2.45) is 0 Å². The zero-order valence-corrected chi connectivity index (χ0v) is 10.3. The van der Waals surface area contributed by atoms with E-state index in [-0.39, 0.29) is 18.9 Å². The Balaban J connectivity index is 2.43. The minimum Gasteiger partial charge on any atom is -0.340 e. The predicted molar refractivity (Wildman–Crippen MR) is 58.2 cm³/mol. The summed E-state index contributed by atoms with van der Waals surface area (Å²) in [6, 6.07) is 0.304. The van der Waals surface area contributed by atoms with Crippen LogP contribution in [0.2, 0.25) is 0 Å². The lowest BCUT2D eigenvalue weighted by Gasteiger charge is -2.17. The van der Waals surface area contributed by atoms with Crippen LogP contribution in [0, 0.1) is 0 Å². The van der Waals surface area contributed by atoms with E-state index in [1.165, 1.54) is 4.90 Å². The highest BCUT2D eigenvalue weighted by Gasteiger charge is 2.37. The molecule has 16 heavy (non-hydrogen) atoms. The van der Waals surface area contributed by atoms with Crippen molar-refractivity contribution in [2.75, 3.05) is 19.6 Å². The van der Waals surface area contributed by atoms with Gasteiger partial charge in [-0.15, -0.1) is 3.89 Å². The third-order valence-electron chi connectivity index (χ3n) is 2.51. The zero-order chi connectivity index (χ0) is 12.3. The van der Waals surface area contributed by atoms with Crippen molar-refractivity contribution < 1.29 is 17.1 Å². The Kier molecular flexibility index (Phi) is 4.26. The Labute approximate surface area is 95.2 Å². The van der Waals surface area contributed by atoms with Gasteiger partial charge in [-0.05, 0) is 0 Å². The summed E-state index contributed by atoms with van der Waals surface area (Å²) in [5, 5.41) is 1.93. The molecule has 1 amide bonds. The summed E-state index contributed by atoms with van der Waals surface area (Å²) in [7, 11) is -4.59. The van der Waals surface area contributed by atoms with Crippen molar-refractivity contribution in [3.63, 3.8) is 0 Å². The number of hydrogen-bond donors (Lipinski definition) is 1. The van der Waals surface area contributed by atoms with Gasteiger partial charge < -0.3 is 10.2 Å². The van der Waals surface area contributed by atoms with Crippen LogP contribution in [-0.2, 0) is 15.0 Å². The summed E-state index contributed by atoms with van der Waals surface area (Å²) >= 11 is 0. The number of likely N-dealkylation sites (tertiary alicyclic amines) is 1. The van der Waals surface area contributed by atoms with E-state index >= 15 is 0 Å². The van der Waals surface area contributed by atoms with Crippen molar-refractivity contribution in [1.82, 2.24) is 10.2 Å². The van der Waals surface area contributed by atoms with Crippen LogP contribution < -0.4 is 5.32 Å². The van der Waals surface area contributed by atoms with E-state index in [4.69, 9.17) is 0 Å². The monoisotopic (exact) mass is 252 g/mol. The number of hydrogen-bond acceptors (Lipinski definition) is 4. The number of carbonyl (C=O) groups excluding carboxylic acids is 1. The summed E-state index contributed by atoms with van der Waals surface area (Å²) in [5.74, 6) is -0.295. The largest absolute Gasteiger partial charge is 0.340 e. The van der Waals surface area contributed by atoms with Gasteiger partial charge in [-0.2, -0.15) is 8.42 Å². The number of rotatable bonds is 5. The fourth-order valence-corrected chi connectivity index (χ4v) is 2.33. The molecule has 7 heteroatoms. The first-order valence-electron chi connectivity index (χ1n) is 5.25. The lowest BCUT2D eigenvalue weighted by Crippen LogP contribution is -2.36. The van der Waals surface area contributed by atoms with E-state index in [0.717, 1.165) is 0 Å². The molecule has 1 aliphatic rings. The topological polar surface area (TPSA) is 66.5 Å². The third-order valence-corrected chi connectivity index (χ3v) is 3.62. The lowest BCUT2D eigenvalue weighted by molar-refractivity contribution is -0.127. The van der Waals surface area contributed by atoms with Crippen LogP contribution in [-0.4, -0.2) is 50.2 Å². The van der Waals surface area contributed by atoms with E-state index in [1.54, 1.807) is 0 Å². The molecule has 0 aromatic rings. The van der Waals surface area contributed by atoms with Crippen molar-refractivity contribution >= 4 is 16.1 Å². The average molecular weight is 252 g/mol. The maximum Gasteiger partial charge on any atom is 0.307 e. The summed E-state index contributed by atoms with van der Waals surface area (Å²) < 4.78 is 34.0. The molecule has 1 atom stereocenters. The number of nitrogens with one attached hydrogen (secondary N) is 1. The van der Waals surface area contributed by atoms with E-state index in [0.29, 0.717) is 19.1 Å². The summed E-state index contributed by atoms with van der Waals surface area (Å²) in [4.78, 5) is 12.8. The lowest BCUT2D eigenvalue weighted by atomic mass is 10.4. The van der Waals surface area contributed by atoms with E-state index in [1.807, 2.05) is 13.8 Å². The van der Waals surface area contributed by atoms with Crippen molar-refractivity contribution in [2.45, 2.75) is 31.6 Å². The Hall–Kier alpha value is -0.690.